The topological polar surface area (TPSA) is 180 Å². The average molecular weight is 676 g/mol. The van der Waals surface area contributed by atoms with Crippen LogP contribution in [0.25, 0.3) is 0 Å². The molecule has 2 saturated carbocycles. The summed E-state index contributed by atoms with van der Waals surface area (Å²) in [6.45, 7) is 7.28. The fraction of sp³-hybridized carbons (Fsp3) is 0.697. The number of Topliss-reactive ketones (excluding diaryl/α,β-unsaturated/α-hetero) is 1. The van der Waals surface area contributed by atoms with Crippen LogP contribution in [0.4, 0.5) is 8.78 Å². The number of ketones is 1. The number of nitrogens with one attached hydrogen (secondary N) is 4. The normalized spacial score (nSPS) is 22.2. The van der Waals surface area contributed by atoms with Gasteiger partial charge in [0, 0.05) is 31.4 Å². The minimum absolute atomic E-state index is 0.0223. The summed E-state index contributed by atoms with van der Waals surface area (Å²) in [5, 5.41) is 10.7. The average Bonchev–Trinajstić information content (AvgIpc) is 3.61. The van der Waals surface area contributed by atoms with Crippen LogP contribution in [0.15, 0.2) is 18.6 Å². The first-order valence-electron chi connectivity index (χ1n) is 16.9. The Bertz CT molecular complexity index is 1340. The van der Waals surface area contributed by atoms with E-state index in [1.165, 1.54) is 23.5 Å². The molecule has 1 aromatic rings. The minimum atomic E-state index is -2.60. The molecule has 48 heavy (non-hydrogen) atoms. The lowest BCUT2D eigenvalue weighted by Gasteiger charge is -2.34. The van der Waals surface area contributed by atoms with Gasteiger partial charge < -0.3 is 26.2 Å². The summed E-state index contributed by atoms with van der Waals surface area (Å²) in [5.41, 5.74) is 0.0286. The van der Waals surface area contributed by atoms with Gasteiger partial charge in [-0.1, -0.05) is 34.1 Å². The molecule has 3 aliphatic rings. The summed E-state index contributed by atoms with van der Waals surface area (Å²) in [5.74, 6) is -5.00. The van der Waals surface area contributed by atoms with Gasteiger partial charge in [0.1, 0.15) is 23.8 Å². The molecule has 1 saturated heterocycles. The van der Waals surface area contributed by atoms with Crippen LogP contribution in [-0.4, -0.2) is 93.4 Å². The molecular weight excluding hydrogens is 628 g/mol. The molecule has 2 heterocycles. The molecule has 4 unspecified atom stereocenters. The molecule has 1 aliphatic heterocycles. The van der Waals surface area contributed by atoms with Crippen molar-refractivity contribution in [3.8, 4) is 0 Å². The van der Waals surface area contributed by atoms with E-state index in [1.54, 1.807) is 27.7 Å². The van der Waals surface area contributed by atoms with Gasteiger partial charge in [0.15, 0.2) is 0 Å². The molecule has 4 rings (SSSR count). The number of hydrogen-bond acceptors (Lipinski definition) is 8. The highest BCUT2D eigenvalue weighted by molar-refractivity contribution is 6.38. The second kappa shape index (κ2) is 16.4. The van der Waals surface area contributed by atoms with Crippen molar-refractivity contribution in [1.29, 1.82) is 0 Å². The van der Waals surface area contributed by atoms with Crippen LogP contribution >= 0.6 is 0 Å². The molecule has 2 aliphatic carbocycles. The second-order valence-corrected chi connectivity index (χ2v) is 13.8. The number of aromatic nitrogens is 2. The fourth-order valence-electron chi connectivity index (χ4n) is 6.61. The molecule has 5 amide bonds. The molecule has 1 aromatic heterocycles. The van der Waals surface area contributed by atoms with Crippen LogP contribution in [0.5, 0.6) is 0 Å². The highest BCUT2D eigenvalue weighted by Gasteiger charge is 2.51. The van der Waals surface area contributed by atoms with Gasteiger partial charge in [-0.3, -0.25) is 33.8 Å². The first kappa shape index (κ1) is 36.8. The lowest BCUT2D eigenvalue weighted by atomic mass is 9.92. The third kappa shape index (κ3) is 9.31. The smallest absolute Gasteiger partial charge is 0.289 e. The number of rotatable bonds is 16. The van der Waals surface area contributed by atoms with Crippen molar-refractivity contribution in [2.75, 3.05) is 6.54 Å². The lowest BCUT2D eigenvalue weighted by Crippen LogP contribution is -2.60. The number of carbonyl (C=O) groups is 6. The van der Waals surface area contributed by atoms with Crippen LogP contribution < -0.4 is 21.3 Å². The summed E-state index contributed by atoms with van der Waals surface area (Å²) in [4.78, 5) is 89.5. The van der Waals surface area contributed by atoms with Crippen molar-refractivity contribution in [2.24, 2.45) is 23.7 Å². The van der Waals surface area contributed by atoms with Gasteiger partial charge in [0.25, 0.3) is 11.8 Å². The highest BCUT2D eigenvalue weighted by Crippen LogP contribution is 2.42. The Balaban J connectivity index is 1.51. The van der Waals surface area contributed by atoms with Crippen molar-refractivity contribution >= 4 is 35.3 Å². The molecule has 3 fully saturated rings. The van der Waals surface area contributed by atoms with Crippen molar-refractivity contribution < 1.29 is 37.5 Å². The van der Waals surface area contributed by atoms with Gasteiger partial charge in [-0.05, 0) is 62.2 Å². The quantitative estimate of drug-likeness (QED) is 0.192. The molecule has 13 nitrogen and oxygen atoms in total. The van der Waals surface area contributed by atoms with Crippen molar-refractivity contribution in [2.45, 2.75) is 116 Å². The second-order valence-electron chi connectivity index (χ2n) is 13.8. The number of carbonyl (C=O) groups excluding carboxylic acids is 6. The number of nitrogens with zero attached hydrogens (tertiary/aromatic N) is 3. The Morgan fingerprint density at radius 1 is 0.896 bits per heavy atom. The van der Waals surface area contributed by atoms with Crippen molar-refractivity contribution in [1.82, 2.24) is 36.1 Å². The molecule has 0 bridgehead atoms. The number of halogens is 2. The largest absolute Gasteiger partial charge is 0.347 e. The molecular formula is C33H47F2N7O6. The zero-order valence-corrected chi connectivity index (χ0v) is 27.9. The Hall–Kier alpha value is -4.04. The predicted octanol–water partition coefficient (Wildman–Crippen LogP) is 1.77. The van der Waals surface area contributed by atoms with Gasteiger partial charge in [-0.25, -0.2) is 13.8 Å². The van der Waals surface area contributed by atoms with Gasteiger partial charge in [-0.15, -0.1) is 0 Å². The van der Waals surface area contributed by atoms with E-state index in [0.29, 0.717) is 6.42 Å². The molecule has 0 aromatic carbocycles. The third-order valence-corrected chi connectivity index (χ3v) is 9.39. The number of alkyl halides is 2. The first-order chi connectivity index (χ1) is 22.8. The zero-order valence-electron chi connectivity index (χ0n) is 27.9. The lowest BCUT2D eigenvalue weighted by molar-refractivity contribution is -0.145. The fourth-order valence-corrected chi connectivity index (χ4v) is 6.61. The molecule has 4 N–H and O–H groups in total. The van der Waals surface area contributed by atoms with E-state index in [-0.39, 0.29) is 48.9 Å². The van der Waals surface area contributed by atoms with E-state index < -0.39 is 78.3 Å². The van der Waals surface area contributed by atoms with Gasteiger partial charge >= 0.3 is 0 Å². The Morgan fingerprint density at radius 2 is 1.60 bits per heavy atom. The Kier molecular flexibility index (Phi) is 12.6. The van der Waals surface area contributed by atoms with E-state index in [4.69, 9.17) is 0 Å². The highest BCUT2D eigenvalue weighted by atomic mass is 19.3. The first-order valence-corrected chi connectivity index (χ1v) is 16.9. The van der Waals surface area contributed by atoms with Crippen molar-refractivity contribution in [3.05, 3.63) is 24.3 Å². The van der Waals surface area contributed by atoms with Crippen LogP contribution in [-0.2, 0) is 24.0 Å². The van der Waals surface area contributed by atoms with Crippen LogP contribution in [0, 0.1) is 23.7 Å². The molecule has 264 valence electrons. The van der Waals surface area contributed by atoms with E-state index in [2.05, 4.69) is 31.2 Å². The van der Waals surface area contributed by atoms with Crippen LogP contribution in [0.3, 0.4) is 0 Å². The standard InChI is InChI=1S/C33H47F2N7O6/c1-17(2)25(40-29(44)23-15-36-13-14-37-23)30(45)41-26(18(3)4)33(48)42-16-19-7-5-8-21(19)27(42)31(46)39-22(9-6-10-24(34)35)28(43)32(47)38-20-11-12-20/h13-15,17-22,24-27H,5-12,16H2,1-4H3,(H,38,47)(H,39,46)(H,40,44)(H,41,45)/t19-,21-,22?,25?,26?,27?/m0/s1. The SMILES string of the molecule is CC(C)C(NC(=O)c1cnccn1)C(=O)NC(C(=O)N1C[C@@H]2CCC[C@@H]2C1C(=O)NC(CCCC(F)F)C(=O)C(=O)NC1CC1)C(C)C. The maximum Gasteiger partial charge on any atom is 0.289 e. The number of hydrogen-bond donors (Lipinski definition) is 4. The Morgan fingerprint density at radius 3 is 2.21 bits per heavy atom. The maximum absolute atomic E-state index is 14.2. The van der Waals surface area contributed by atoms with Gasteiger partial charge in [0.05, 0.1) is 12.2 Å². The summed E-state index contributed by atoms with van der Waals surface area (Å²) in [6.07, 6.45) is 4.51. The summed E-state index contributed by atoms with van der Waals surface area (Å²) >= 11 is 0. The predicted molar refractivity (Wildman–Crippen MR) is 169 cm³/mol. The third-order valence-electron chi connectivity index (χ3n) is 9.39. The molecule has 6 atom stereocenters. The summed E-state index contributed by atoms with van der Waals surface area (Å²) in [7, 11) is 0. The van der Waals surface area contributed by atoms with Crippen molar-refractivity contribution in [3.63, 3.8) is 0 Å². The number of fused-ring (bicyclic) bond motifs is 1. The molecule has 0 spiro atoms. The van der Waals surface area contributed by atoms with Crippen LogP contribution in [0.2, 0.25) is 0 Å². The zero-order chi connectivity index (χ0) is 35.1. The molecule has 0 radical (unpaired) electrons. The number of amides is 5. The van der Waals surface area contributed by atoms with Gasteiger partial charge in [0.2, 0.25) is 29.9 Å². The maximum atomic E-state index is 14.2. The molecule has 15 heteroatoms. The summed E-state index contributed by atoms with van der Waals surface area (Å²) in [6, 6.07) is -4.46. The summed E-state index contributed by atoms with van der Waals surface area (Å²) < 4.78 is 25.9. The van der Waals surface area contributed by atoms with E-state index in [1.807, 2.05) is 0 Å². The van der Waals surface area contributed by atoms with E-state index in [0.717, 1.165) is 25.7 Å². The number of likely N-dealkylation sites (tertiary alicyclic amines) is 1. The van der Waals surface area contributed by atoms with Gasteiger partial charge in [-0.2, -0.15) is 0 Å². The Labute approximate surface area is 279 Å². The van der Waals surface area contributed by atoms with Crippen LogP contribution in [0.1, 0.15) is 89.5 Å². The minimum Gasteiger partial charge on any atom is -0.347 e. The monoisotopic (exact) mass is 675 g/mol. The van der Waals surface area contributed by atoms with E-state index >= 15 is 0 Å². The van der Waals surface area contributed by atoms with E-state index in [9.17, 15) is 37.5 Å².